The van der Waals surface area contributed by atoms with Gasteiger partial charge in [0.15, 0.2) is 0 Å². The number of carbonyl (C=O) groups excluding carboxylic acids is 1. The van der Waals surface area contributed by atoms with Crippen LogP contribution < -0.4 is 0 Å². The zero-order valence-corrected chi connectivity index (χ0v) is 14.4. The molecule has 18 heavy (non-hydrogen) atoms. The smallest absolute Gasteiger partial charge is 0.238 e. The second-order valence-corrected chi connectivity index (χ2v) is 7.96. The predicted molar refractivity (Wildman–Crippen MR) is 87.7 cm³/mol. The number of hydrogen-bond donors (Lipinski definition) is 0. The van der Waals surface area contributed by atoms with E-state index in [1.54, 1.807) is 11.8 Å². The summed E-state index contributed by atoms with van der Waals surface area (Å²) in [5, 5.41) is 0.0341. The van der Waals surface area contributed by atoms with Crippen LogP contribution in [0.2, 0.25) is 0 Å². The highest BCUT2D eigenvalue weighted by atomic mass is 127. The van der Waals surface area contributed by atoms with Crippen LogP contribution in [-0.4, -0.2) is 25.0 Å². The number of nitrogens with zero attached hydrogens (tertiary/aromatic N) is 1. The van der Waals surface area contributed by atoms with Gasteiger partial charge in [0.2, 0.25) is 5.91 Å². The van der Waals surface area contributed by atoms with E-state index in [1.807, 2.05) is 11.8 Å². The Morgan fingerprint density at radius 3 is 2.78 bits per heavy atom. The van der Waals surface area contributed by atoms with Crippen molar-refractivity contribution in [3.8, 4) is 12.3 Å². The monoisotopic (exact) mass is 379 g/mol. The van der Waals surface area contributed by atoms with Crippen molar-refractivity contribution in [3.05, 3.63) is 0 Å². The third-order valence-corrected chi connectivity index (χ3v) is 5.76. The highest BCUT2D eigenvalue weighted by Gasteiger charge is 2.48. The van der Waals surface area contributed by atoms with Gasteiger partial charge in [-0.15, -0.1) is 18.2 Å². The fraction of sp³-hybridized carbons (Fsp3) is 0.786. The first-order valence-corrected chi connectivity index (χ1v) is 8.70. The molecule has 102 valence electrons. The summed E-state index contributed by atoms with van der Waals surface area (Å²) in [5.74, 6) is 2.88. The molecule has 1 fully saturated rings. The lowest BCUT2D eigenvalue weighted by molar-refractivity contribution is -0.131. The van der Waals surface area contributed by atoms with Crippen LogP contribution in [0.3, 0.4) is 0 Å². The second kappa shape index (κ2) is 7.04. The van der Waals surface area contributed by atoms with E-state index in [1.165, 1.54) is 25.7 Å². The van der Waals surface area contributed by atoms with Crippen molar-refractivity contribution in [3.63, 3.8) is 0 Å². The highest BCUT2D eigenvalue weighted by Crippen LogP contribution is 2.46. The van der Waals surface area contributed by atoms with Crippen LogP contribution in [0.5, 0.6) is 0 Å². The zero-order valence-electron chi connectivity index (χ0n) is 11.4. The zero-order chi connectivity index (χ0) is 13.8. The molecule has 0 aliphatic carbocycles. The van der Waals surface area contributed by atoms with Gasteiger partial charge in [-0.2, -0.15) is 0 Å². The van der Waals surface area contributed by atoms with Gasteiger partial charge >= 0.3 is 0 Å². The molecule has 4 heteroatoms. The molecule has 1 saturated heterocycles. The van der Waals surface area contributed by atoms with Gasteiger partial charge in [-0.1, -0.05) is 38.5 Å². The summed E-state index contributed by atoms with van der Waals surface area (Å²) in [4.78, 5) is 14.0. The van der Waals surface area contributed by atoms with Gasteiger partial charge in [0.25, 0.3) is 0 Å². The summed E-state index contributed by atoms with van der Waals surface area (Å²) in [6.45, 7) is 6.36. The molecule has 0 N–H and O–H groups in total. The number of thioether (sulfide) groups is 1. The Morgan fingerprint density at radius 2 is 2.22 bits per heavy atom. The Hall–Kier alpha value is 0.110. The Balaban J connectivity index is 2.71. The normalized spacial score (nSPS) is 29.4. The van der Waals surface area contributed by atoms with Crippen molar-refractivity contribution in [1.29, 1.82) is 0 Å². The fourth-order valence-electron chi connectivity index (χ4n) is 2.40. The number of rotatable bonds is 6. The molecule has 1 amide bonds. The van der Waals surface area contributed by atoms with Crippen LogP contribution >= 0.6 is 34.4 Å². The van der Waals surface area contributed by atoms with Crippen molar-refractivity contribution in [1.82, 2.24) is 4.90 Å². The molecule has 0 bridgehead atoms. The molecule has 3 unspecified atom stereocenters. The summed E-state index contributed by atoms with van der Waals surface area (Å²) in [6.07, 6.45) is 11.5. The van der Waals surface area contributed by atoms with Crippen LogP contribution in [0.1, 0.15) is 52.9 Å². The average Bonchev–Trinajstić information content (AvgIpc) is 2.55. The summed E-state index contributed by atoms with van der Waals surface area (Å²) < 4.78 is -0.135. The number of unbranched alkanes of at least 4 members (excludes halogenated alkanes) is 3. The molecule has 0 aromatic carbocycles. The largest absolute Gasteiger partial charge is 0.305 e. The van der Waals surface area contributed by atoms with Crippen LogP contribution in [-0.2, 0) is 4.79 Å². The number of alkyl halides is 1. The predicted octanol–water partition coefficient (Wildman–Crippen LogP) is 4.03. The molecule has 0 radical (unpaired) electrons. The van der Waals surface area contributed by atoms with Gasteiger partial charge in [0.05, 0.1) is 10.1 Å². The number of amides is 1. The number of hydrogen-bond acceptors (Lipinski definition) is 2. The SMILES string of the molecule is C#CC(I)N1C(=O)C(C)SC1(C)CCCCCC. The lowest BCUT2D eigenvalue weighted by Crippen LogP contribution is -2.46. The number of halogens is 1. The highest BCUT2D eigenvalue weighted by molar-refractivity contribution is 14.1. The minimum Gasteiger partial charge on any atom is -0.305 e. The third-order valence-electron chi connectivity index (χ3n) is 3.38. The lowest BCUT2D eigenvalue weighted by Gasteiger charge is -2.35. The molecule has 1 aliphatic rings. The minimum atomic E-state index is -0.135. The molecular formula is C14H22INOS. The van der Waals surface area contributed by atoms with Crippen molar-refractivity contribution >= 4 is 40.3 Å². The second-order valence-electron chi connectivity index (χ2n) is 4.96. The van der Waals surface area contributed by atoms with E-state index in [-0.39, 0.29) is 20.1 Å². The van der Waals surface area contributed by atoms with E-state index < -0.39 is 0 Å². The van der Waals surface area contributed by atoms with Gasteiger partial charge in [0.1, 0.15) is 4.05 Å². The maximum atomic E-state index is 12.2. The lowest BCUT2D eigenvalue weighted by atomic mass is 10.1. The molecule has 0 aromatic rings. The molecule has 1 rings (SSSR count). The van der Waals surface area contributed by atoms with Gasteiger partial charge in [-0.25, -0.2) is 0 Å². The first kappa shape index (κ1) is 16.2. The number of terminal acetylenes is 1. The van der Waals surface area contributed by atoms with Gasteiger partial charge in [-0.05, 0) is 42.9 Å². The Bertz CT molecular complexity index is 341. The van der Waals surface area contributed by atoms with E-state index >= 15 is 0 Å². The summed E-state index contributed by atoms with van der Waals surface area (Å²) >= 11 is 3.94. The standard InChI is InChI=1S/C14H22INOS/c1-5-7-8-9-10-14(4)16(12(15)6-2)13(17)11(3)18-14/h2,11-12H,5,7-10H2,1,3-4H3. The van der Waals surface area contributed by atoms with Crippen molar-refractivity contribution < 1.29 is 4.79 Å². The molecule has 1 heterocycles. The maximum absolute atomic E-state index is 12.2. The summed E-state index contributed by atoms with van der Waals surface area (Å²) in [6, 6.07) is 0. The average molecular weight is 379 g/mol. The van der Waals surface area contributed by atoms with Gasteiger partial charge in [-0.3, -0.25) is 4.79 Å². The Morgan fingerprint density at radius 1 is 1.56 bits per heavy atom. The van der Waals surface area contributed by atoms with Crippen LogP contribution in [0.15, 0.2) is 0 Å². The van der Waals surface area contributed by atoms with E-state index in [0.717, 1.165) is 6.42 Å². The first-order chi connectivity index (χ1) is 8.46. The van der Waals surface area contributed by atoms with E-state index in [2.05, 4.69) is 42.4 Å². The molecule has 0 saturated carbocycles. The van der Waals surface area contributed by atoms with Gasteiger partial charge < -0.3 is 4.90 Å². The molecule has 3 atom stereocenters. The van der Waals surface area contributed by atoms with Crippen LogP contribution in [0.4, 0.5) is 0 Å². The molecule has 1 aliphatic heterocycles. The van der Waals surface area contributed by atoms with E-state index in [9.17, 15) is 4.79 Å². The minimum absolute atomic E-state index is 0.0341. The fourth-order valence-corrected chi connectivity index (χ4v) is 5.03. The number of carbonyl (C=O) groups is 1. The Labute approximate surface area is 129 Å². The Kier molecular flexibility index (Phi) is 6.32. The van der Waals surface area contributed by atoms with E-state index in [0.29, 0.717) is 0 Å². The maximum Gasteiger partial charge on any atom is 0.238 e. The van der Waals surface area contributed by atoms with E-state index in [4.69, 9.17) is 6.42 Å². The van der Waals surface area contributed by atoms with Crippen LogP contribution in [0, 0.1) is 12.3 Å². The molecule has 2 nitrogen and oxygen atoms in total. The summed E-state index contributed by atoms with van der Waals surface area (Å²) in [7, 11) is 0. The first-order valence-electron chi connectivity index (χ1n) is 6.57. The molecule has 0 spiro atoms. The van der Waals surface area contributed by atoms with Crippen LogP contribution in [0.25, 0.3) is 0 Å². The molecular weight excluding hydrogens is 357 g/mol. The topological polar surface area (TPSA) is 20.3 Å². The van der Waals surface area contributed by atoms with Crippen molar-refractivity contribution in [2.45, 2.75) is 67.0 Å². The van der Waals surface area contributed by atoms with Gasteiger partial charge in [0, 0.05) is 0 Å². The third kappa shape index (κ3) is 3.57. The quantitative estimate of drug-likeness (QED) is 0.228. The van der Waals surface area contributed by atoms with Crippen molar-refractivity contribution in [2.24, 2.45) is 0 Å². The van der Waals surface area contributed by atoms with Crippen molar-refractivity contribution in [2.75, 3.05) is 0 Å². The molecule has 0 aromatic heterocycles. The summed E-state index contributed by atoms with van der Waals surface area (Å²) in [5.41, 5.74) is 0.